The summed E-state index contributed by atoms with van der Waals surface area (Å²) in [6.07, 6.45) is 0.833. The van der Waals surface area contributed by atoms with Crippen molar-refractivity contribution >= 4 is 17.3 Å². The molecule has 0 aliphatic carbocycles. The van der Waals surface area contributed by atoms with E-state index in [9.17, 15) is 9.18 Å². The Morgan fingerprint density at radius 3 is 2.72 bits per heavy atom. The van der Waals surface area contributed by atoms with Crippen LogP contribution >= 0.6 is 0 Å². The SMILES string of the molecule is CN(C)CCCNc1cc(C(=O)O)c(N)cc1F. The van der Waals surface area contributed by atoms with Crippen LogP contribution in [0.5, 0.6) is 0 Å². The number of nitrogens with zero attached hydrogens (tertiary/aromatic N) is 1. The highest BCUT2D eigenvalue weighted by Crippen LogP contribution is 2.22. The molecule has 6 heteroatoms. The summed E-state index contributed by atoms with van der Waals surface area (Å²) in [5, 5.41) is 11.8. The lowest BCUT2D eigenvalue weighted by Gasteiger charge is -2.12. The van der Waals surface area contributed by atoms with Gasteiger partial charge in [-0.05, 0) is 39.2 Å². The molecule has 0 unspecified atom stereocenters. The Balaban J connectivity index is 2.70. The van der Waals surface area contributed by atoms with Crippen LogP contribution in [-0.4, -0.2) is 43.2 Å². The molecule has 4 N–H and O–H groups in total. The summed E-state index contributed by atoms with van der Waals surface area (Å²) in [5.41, 5.74) is 5.44. The maximum absolute atomic E-state index is 13.5. The van der Waals surface area contributed by atoms with E-state index in [1.54, 1.807) is 0 Å². The van der Waals surface area contributed by atoms with Gasteiger partial charge in [-0.2, -0.15) is 0 Å². The number of nitrogen functional groups attached to an aromatic ring is 1. The summed E-state index contributed by atoms with van der Waals surface area (Å²) >= 11 is 0. The maximum atomic E-state index is 13.5. The lowest BCUT2D eigenvalue weighted by molar-refractivity contribution is 0.0698. The first-order chi connectivity index (χ1) is 8.41. The molecule has 100 valence electrons. The van der Waals surface area contributed by atoms with E-state index in [4.69, 9.17) is 10.8 Å². The molecule has 0 amide bonds. The monoisotopic (exact) mass is 255 g/mol. The zero-order valence-electron chi connectivity index (χ0n) is 10.5. The minimum absolute atomic E-state index is 0.0705. The van der Waals surface area contributed by atoms with Gasteiger partial charge in [0.05, 0.1) is 11.3 Å². The molecule has 1 rings (SSSR count). The molecule has 0 saturated carbocycles. The van der Waals surface area contributed by atoms with Gasteiger partial charge in [-0.15, -0.1) is 0 Å². The summed E-state index contributed by atoms with van der Waals surface area (Å²) in [4.78, 5) is 12.9. The number of nitrogens with two attached hydrogens (primary N) is 1. The zero-order valence-corrected chi connectivity index (χ0v) is 10.5. The van der Waals surface area contributed by atoms with Gasteiger partial charge in [-0.1, -0.05) is 0 Å². The summed E-state index contributed by atoms with van der Waals surface area (Å²) in [6.45, 7) is 1.44. The summed E-state index contributed by atoms with van der Waals surface area (Å²) in [5.74, 6) is -1.70. The number of carboxylic acids is 1. The number of nitrogens with one attached hydrogen (secondary N) is 1. The third kappa shape index (κ3) is 3.89. The fourth-order valence-electron chi connectivity index (χ4n) is 1.53. The molecule has 0 radical (unpaired) electrons. The predicted molar refractivity (Wildman–Crippen MR) is 69.4 cm³/mol. The maximum Gasteiger partial charge on any atom is 0.337 e. The zero-order chi connectivity index (χ0) is 13.7. The molecule has 1 aromatic rings. The lowest BCUT2D eigenvalue weighted by Crippen LogP contribution is -2.17. The van der Waals surface area contributed by atoms with Crippen LogP contribution in [-0.2, 0) is 0 Å². The number of halogens is 1. The van der Waals surface area contributed by atoms with Crippen LogP contribution in [0.15, 0.2) is 12.1 Å². The molecule has 0 aromatic heterocycles. The molecule has 0 aliphatic rings. The number of rotatable bonds is 6. The second kappa shape index (κ2) is 6.20. The third-order valence-electron chi connectivity index (χ3n) is 2.47. The van der Waals surface area contributed by atoms with Crippen LogP contribution in [0.3, 0.4) is 0 Å². The minimum atomic E-state index is -1.16. The third-order valence-corrected chi connectivity index (χ3v) is 2.47. The van der Waals surface area contributed by atoms with Gasteiger partial charge in [0.25, 0.3) is 0 Å². The van der Waals surface area contributed by atoms with Gasteiger partial charge < -0.3 is 21.1 Å². The molecule has 0 heterocycles. The van der Waals surface area contributed by atoms with Crippen molar-refractivity contribution in [2.24, 2.45) is 0 Å². The highest BCUT2D eigenvalue weighted by molar-refractivity contribution is 5.94. The van der Waals surface area contributed by atoms with Crippen LogP contribution in [0.25, 0.3) is 0 Å². The van der Waals surface area contributed by atoms with Crippen LogP contribution in [0.4, 0.5) is 15.8 Å². The molecular weight excluding hydrogens is 237 g/mol. The average molecular weight is 255 g/mol. The topological polar surface area (TPSA) is 78.6 Å². The Hall–Kier alpha value is -1.82. The number of carboxylic acid groups (broad SMARTS) is 1. The number of benzene rings is 1. The first kappa shape index (κ1) is 14.2. The summed E-state index contributed by atoms with van der Waals surface area (Å²) < 4.78 is 13.5. The van der Waals surface area contributed by atoms with E-state index in [0.29, 0.717) is 6.54 Å². The number of hydrogen-bond acceptors (Lipinski definition) is 4. The van der Waals surface area contributed by atoms with Gasteiger partial charge in [-0.3, -0.25) is 0 Å². The highest BCUT2D eigenvalue weighted by Gasteiger charge is 2.12. The van der Waals surface area contributed by atoms with E-state index in [2.05, 4.69) is 5.32 Å². The highest BCUT2D eigenvalue weighted by atomic mass is 19.1. The molecule has 0 fully saturated rings. The standard InChI is InChI=1S/C12H18FN3O2/c1-16(2)5-3-4-15-11-6-8(12(17)18)10(14)7-9(11)13/h6-7,15H,3-5,14H2,1-2H3,(H,17,18). The molecule has 0 saturated heterocycles. The van der Waals surface area contributed by atoms with Gasteiger partial charge in [0.2, 0.25) is 0 Å². The molecule has 0 bridgehead atoms. The lowest BCUT2D eigenvalue weighted by atomic mass is 10.1. The molecular formula is C12H18FN3O2. The number of aromatic carboxylic acids is 1. The smallest absolute Gasteiger partial charge is 0.337 e. The normalized spacial score (nSPS) is 10.7. The fourth-order valence-corrected chi connectivity index (χ4v) is 1.53. The summed E-state index contributed by atoms with van der Waals surface area (Å²) in [7, 11) is 3.90. The Bertz CT molecular complexity index is 436. The molecule has 0 spiro atoms. The van der Waals surface area contributed by atoms with Gasteiger partial charge in [0.15, 0.2) is 0 Å². The van der Waals surface area contributed by atoms with E-state index < -0.39 is 11.8 Å². The van der Waals surface area contributed by atoms with Crippen molar-refractivity contribution in [1.29, 1.82) is 0 Å². The van der Waals surface area contributed by atoms with Crippen molar-refractivity contribution in [2.45, 2.75) is 6.42 Å². The quantitative estimate of drug-likeness (QED) is 0.530. The van der Waals surface area contributed by atoms with E-state index in [1.165, 1.54) is 6.07 Å². The Labute approximate surface area is 105 Å². The largest absolute Gasteiger partial charge is 0.478 e. The van der Waals surface area contributed by atoms with Crippen LogP contribution in [0.1, 0.15) is 16.8 Å². The van der Waals surface area contributed by atoms with Crippen LogP contribution in [0.2, 0.25) is 0 Å². The molecule has 0 atom stereocenters. The Morgan fingerprint density at radius 2 is 2.17 bits per heavy atom. The summed E-state index contributed by atoms with van der Waals surface area (Å²) in [6, 6.07) is 2.25. The van der Waals surface area contributed by atoms with Crippen molar-refractivity contribution in [2.75, 3.05) is 38.2 Å². The second-order valence-electron chi connectivity index (χ2n) is 4.31. The number of carbonyl (C=O) groups is 1. The van der Waals surface area contributed by atoms with Crippen molar-refractivity contribution in [1.82, 2.24) is 4.90 Å². The van der Waals surface area contributed by atoms with Crippen molar-refractivity contribution in [3.05, 3.63) is 23.5 Å². The molecule has 5 nitrogen and oxygen atoms in total. The Kier molecular flexibility index (Phi) is 4.91. The molecule has 0 aliphatic heterocycles. The van der Waals surface area contributed by atoms with Crippen molar-refractivity contribution in [3.63, 3.8) is 0 Å². The van der Waals surface area contributed by atoms with Gasteiger partial charge in [0.1, 0.15) is 5.82 Å². The van der Waals surface area contributed by atoms with Gasteiger partial charge in [0, 0.05) is 12.2 Å². The predicted octanol–water partition coefficient (Wildman–Crippen LogP) is 1.47. The molecule has 1 aromatic carbocycles. The second-order valence-corrected chi connectivity index (χ2v) is 4.31. The van der Waals surface area contributed by atoms with E-state index in [-0.39, 0.29) is 16.9 Å². The number of hydrogen-bond donors (Lipinski definition) is 3. The van der Waals surface area contributed by atoms with Gasteiger partial charge in [-0.25, -0.2) is 9.18 Å². The number of anilines is 2. The minimum Gasteiger partial charge on any atom is -0.478 e. The van der Waals surface area contributed by atoms with Crippen molar-refractivity contribution < 1.29 is 14.3 Å². The van der Waals surface area contributed by atoms with E-state index in [0.717, 1.165) is 19.0 Å². The van der Waals surface area contributed by atoms with Gasteiger partial charge >= 0.3 is 5.97 Å². The Morgan fingerprint density at radius 1 is 1.50 bits per heavy atom. The average Bonchev–Trinajstić information content (AvgIpc) is 2.25. The van der Waals surface area contributed by atoms with E-state index in [1.807, 2.05) is 19.0 Å². The van der Waals surface area contributed by atoms with Crippen molar-refractivity contribution in [3.8, 4) is 0 Å². The van der Waals surface area contributed by atoms with Crippen LogP contribution in [0, 0.1) is 5.82 Å². The fraction of sp³-hybridized carbons (Fsp3) is 0.417. The first-order valence-corrected chi connectivity index (χ1v) is 5.62. The van der Waals surface area contributed by atoms with E-state index >= 15 is 0 Å². The van der Waals surface area contributed by atoms with Crippen LogP contribution < -0.4 is 11.1 Å². The first-order valence-electron chi connectivity index (χ1n) is 5.62. The molecule has 18 heavy (non-hydrogen) atoms.